The highest BCUT2D eigenvalue weighted by molar-refractivity contribution is 5.77. The second-order valence-electron chi connectivity index (χ2n) is 4.71. The number of amides is 1. The highest BCUT2D eigenvalue weighted by Crippen LogP contribution is 2.31. The molecule has 0 radical (unpaired) electrons. The van der Waals surface area contributed by atoms with E-state index in [0.717, 1.165) is 17.8 Å². The zero-order valence-corrected chi connectivity index (χ0v) is 10.3. The van der Waals surface area contributed by atoms with Gasteiger partial charge in [0.2, 0.25) is 5.91 Å². The maximum atomic E-state index is 12.4. The maximum absolute atomic E-state index is 12.4. The zero-order chi connectivity index (χ0) is 14.0. The molecule has 1 saturated heterocycles. The number of primary amides is 1. The fourth-order valence-corrected chi connectivity index (χ4v) is 2.28. The first-order chi connectivity index (χ1) is 8.88. The van der Waals surface area contributed by atoms with Crippen LogP contribution in [0.15, 0.2) is 24.3 Å². The minimum absolute atomic E-state index is 0.120. The van der Waals surface area contributed by atoms with Gasteiger partial charge in [0.15, 0.2) is 0 Å². The number of carbonyl (C=O) groups excluding carboxylic acids is 1. The van der Waals surface area contributed by atoms with E-state index >= 15 is 0 Å². The van der Waals surface area contributed by atoms with Crippen LogP contribution in [0.5, 0.6) is 0 Å². The van der Waals surface area contributed by atoms with Gasteiger partial charge in [-0.25, -0.2) is 0 Å². The van der Waals surface area contributed by atoms with Gasteiger partial charge in [0.25, 0.3) is 0 Å². The molecule has 1 heterocycles. The van der Waals surface area contributed by atoms with Crippen LogP contribution in [0.2, 0.25) is 0 Å². The summed E-state index contributed by atoms with van der Waals surface area (Å²) in [6.07, 6.45) is -3.01. The summed E-state index contributed by atoms with van der Waals surface area (Å²) in [6.45, 7) is 1.28. The van der Waals surface area contributed by atoms with E-state index < -0.39 is 11.7 Å². The molecule has 1 aromatic carbocycles. The molecule has 0 aromatic heterocycles. The van der Waals surface area contributed by atoms with Crippen LogP contribution >= 0.6 is 0 Å². The van der Waals surface area contributed by atoms with Crippen LogP contribution in [-0.2, 0) is 11.0 Å². The summed E-state index contributed by atoms with van der Waals surface area (Å²) in [5, 5.41) is 0. The molecule has 19 heavy (non-hydrogen) atoms. The Morgan fingerprint density at radius 3 is 2.11 bits per heavy atom. The number of nitrogens with two attached hydrogens (primary N) is 1. The Hall–Kier alpha value is -1.72. The number of carbonyl (C=O) groups is 1. The van der Waals surface area contributed by atoms with Crippen molar-refractivity contribution in [1.82, 2.24) is 0 Å². The molecular weight excluding hydrogens is 257 g/mol. The molecule has 2 N–H and O–H groups in total. The lowest BCUT2D eigenvalue weighted by Crippen LogP contribution is -2.38. The van der Waals surface area contributed by atoms with Gasteiger partial charge >= 0.3 is 6.18 Å². The van der Waals surface area contributed by atoms with Crippen molar-refractivity contribution in [3.8, 4) is 0 Å². The van der Waals surface area contributed by atoms with E-state index in [1.165, 1.54) is 12.1 Å². The highest BCUT2D eigenvalue weighted by atomic mass is 19.4. The smallest absolute Gasteiger partial charge is 0.371 e. The van der Waals surface area contributed by atoms with Crippen LogP contribution in [0.25, 0.3) is 0 Å². The van der Waals surface area contributed by atoms with Crippen LogP contribution in [0.1, 0.15) is 18.4 Å². The van der Waals surface area contributed by atoms with Crippen molar-refractivity contribution >= 4 is 11.6 Å². The van der Waals surface area contributed by atoms with Crippen LogP contribution < -0.4 is 10.6 Å². The summed E-state index contributed by atoms with van der Waals surface area (Å²) in [7, 11) is 0. The Kier molecular flexibility index (Phi) is 3.68. The quantitative estimate of drug-likeness (QED) is 0.898. The minimum atomic E-state index is -4.31. The average Bonchev–Trinajstić information content (AvgIpc) is 2.38. The summed E-state index contributed by atoms with van der Waals surface area (Å²) >= 11 is 0. The number of alkyl halides is 3. The summed E-state index contributed by atoms with van der Waals surface area (Å²) in [5.74, 6) is -0.419. The maximum Gasteiger partial charge on any atom is 0.416 e. The predicted molar refractivity (Wildman–Crippen MR) is 65.6 cm³/mol. The second-order valence-corrected chi connectivity index (χ2v) is 4.71. The third-order valence-electron chi connectivity index (χ3n) is 3.46. The molecule has 1 aromatic rings. The van der Waals surface area contributed by atoms with E-state index in [1.54, 1.807) is 0 Å². The van der Waals surface area contributed by atoms with E-state index in [2.05, 4.69) is 0 Å². The average molecular weight is 272 g/mol. The molecule has 6 heteroatoms. The van der Waals surface area contributed by atoms with Gasteiger partial charge in [-0.15, -0.1) is 0 Å². The number of rotatable bonds is 2. The first kappa shape index (κ1) is 13.7. The normalized spacial score (nSPS) is 17.5. The molecule has 1 amide bonds. The number of hydrogen-bond acceptors (Lipinski definition) is 2. The molecule has 0 spiro atoms. The summed E-state index contributed by atoms with van der Waals surface area (Å²) < 4.78 is 37.3. The van der Waals surface area contributed by atoms with Gasteiger partial charge in [-0.05, 0) is 37.1 Å². The molecule has 0 bridgehead atoms. The van der Waals surface area contributed by atoms with Crippen molar-refractivity contribution in [3.05, 3.63) is 29.8 Å². The lowest BCUT2D eigenvalue weighted by Gasteiger charge is -2.32. The van der Waals surface area contributed by atoms with Crippen molar-refractivity contribution in [2.75, 3.05) is 18.0 Å². The lowest BCUT2D eigenvalue weighted by molar-refractivity contribution is -0.137. The monoisotopic (exact) mass is 272 g/mol. The van der Waals surface area contributed by atoms with Gasteiger partial charge in [0, 0.05) is 24.7 Å². The van der Waals surface area contributed by atoms with E-state index in [9.17, 15) is 18.0 Å². The van der Waals surface area contributed by atoms with E-state index in [1.807, 2.05) is 4.90 Å². The number of anilines is 1. The van der Waals surface area contributed by atoms with Crippen molar-refractivity contribution in [2.45, 2.75) is 19.0 Å². The first-order valence-electron chi connectivity index (χ1n) is 6.09. The summed E-state index contributed by atoms with van der Waals surface area (Å²) in [6, 6.07) is 5.09. The Morgan fingerprint density at radius 1 is 1.16 bits per heavy atom. The zero-order valence-electron chi connectivity index (χ0n) is 10.3. The Labute approximate surface area is 109 Å². The van der Waals surface area contributed by atoms with E-state index in [-0.39, 0.29) is 11.8 Å². The van der Waals surface area contributed by atoms with Gasteiger partial charge in [0.1, 0.15) is 0 Å². The number of benzene rings is 1. The van der Waals surface area contributed by atoms with Crippen LogP contribution in [0, 0.1) is 5.92 Å². The number of hydrogen-bond donors (Lipinski definition) is 1. The molecule has 1 fully saturated rings. The fraction of sp³-hybridized carbons (Fsp3) is 0.462. The van der Waals surface area contributed by atoms with Gasteiger partial charge in [-0.1, -0.05) is 0 Å². The molecule has 0 atom stereocenters. The van der Waals surface area contributed by atoms with E-state index in [4.69, 9.17) is 5.73 Å². The number of halogens is 3. The summed E-state index contributed by atoms with van der Waals surface area (Å²) in [5.41, 5.74) is 5.33. The fourth-order valence-electron chi connectivity index (χ4n) is 2.28. The molecular formula is C13H15F3N2O. The molecule has 0 aliphatic carbocycles. The Morgan fingerprint density at radius 2 is 1.68 bits per heavy atom. The predicted octanol–water partition coefficient (Wildman–Crippen LogP) is 2.41. The number of nitrogens with zero attached hydrogens (tertiary/aromatic N) is 1. The van der Waals surface area contributed by atoms with Gasteiger partial charge in [0.05, 0.1) is 5.56 Å². The van der Waals surface area contributed by atoms with Crippen LogP contribution in [-0.4, -0.2) is 19.0 Å². The van der Waals surface area contributed by atoms with Gasteiger partial charge in [-0.2, -0.15) is 13.2 Å². The van der Waals surface area contributed by atoms with Crippen LogP contribution in [0.4, 0.5) is 18.9 Å². The van der Waals surface area contributed by atoms with Gasteiger partial charge < -0.3 is 10.6 Å². The third-order valence-corrected chi connectivity index (χ3v) is 3.46. The minimum Gasteiger partial charge on any atom is -0.371 e. The Bertz CT molecular complexity index is 448. The topological polar surface area (TPSA) is 46.3 Å². The highest BCUT2D eigenvalue weighted by Gasteiger charge is 2.30. The molecule has 3 nitrogen and oxygen atoms in total. The molecule has 0 unspecified atom stereocenters. The van der Waals surface area contributed by atoms with Crippen molar-refractivity contribution < 1.29 is 18.0 Å². The third kappa shape index (κ3) is 3.19. The molecule has 1 aliphatic heterocycles. The van der Waals surface area contributed by atoms with Gasteiger partial charge in [-0.3, -0.25) is 4.79 Å². The molecule has 0 saturated carbocycles. The molecule has 104 valence electrons. The molecule has 2 rings (SSSR count). The standard InChI is InChI=1S/C13H15F3N2O/c14-13(15,16)10-1-3-11(4-2-10)18-7-5-9(6-8-18)12(17)19/h1-4,9H,5-8H2,(H2,17,19). The van der Waals surface area contributed by atoms with E-state index in [0.29, 0.717) is 25.9 Å². The van der Waals surface area contributed by atoms with Crippen molar-refractivity contribution in [2.24, 2.45) is 11.7 Å². The first-order valence-corrected chi connectivity index (χ1v) is 6.09. The number of piperidine rings is 1. The second kappa shape index (κ2) is 5.11. The van der Waals surface area contributed by atoms with Crippen molar-refractivity contribution in [1.29, 1.82) is 0 Å². The molecule has 1 aliphatic rings. The largest absolute Gasteiger partial charge is 0.416 e. The SMILES string of the molecule is NC(=O)C1CCN(c2ccc(C(F)(F)F)cc2)CC1. The van der Waals surface area contributed by atoms with Crippen molar-refractivity contribution in [3.63, 3.8) is 0 Å². The van der Waals surface area contributed by atoms with Crippen LogP contribution in [0.3, 0.4) is 0 Å². The lowest BCUT2D eigenvalue weighted by atomic mass is 9.96. The summed E-state index contributed by atoms with van der Waals surface area (Å²) in [4.78, 5) is 13.0. The Balaban J connectivity index is 2.02.